The van der Waals surface area contributed by atoms with Gasteiger partial charge >= 0.3 is 0 Å². The summed E-state index contributed by atoms with van der Waals surface area (Å²) in [5.41, 5.74) is 1.36. The average Bonchev–Trinajstić information content (AvgIpc) is 2.77. The lowest BCUT2D eigenvalue weighted by atomic mass is 10.0. The Morgan fingerprint density at radius 2 is 1.45 bits per heavy atom. The van der Waals surface area contributed by atoms with E-state index in [0.29, 0.717) is 11.2 Å². The molecule has 6 heteroatoms. The summed E-state index contributed by atoms with van der Waals surface area (Å²) in [6, 6.07) is 18.6. The van der Waals surface area contributed by atoms with E-state index in [1.807, 2.05) is 24.3 Å². The van der Waals surface area contributed by atoms with E-state index in [1.165, 1.54) is 53.2 Å². The lowest BCUT2D eigenvalue weighted by Gasteiger charge is -2.15. The standard InChI is InChI=1S/C25H16F2N2O2/c1-28-22-5-3-2-4-15(22)12-20(25(28)31)21-14-29(18-9-6-16(26)7-10-18)23-13-17(27)8-11-19(23)24(21)30/h2-14H,1H3. The smallest absolute Gasteiger partial charge is 0.258 e. The first-order valence-corrected chi connectivity index (χ1v) is 9.64. The van der Waals surface area contributed by atoms with Crippen LogP contribution in [0.25, 0.3) is 38.6 Å². The molecule has 4 nitrogen and oxygen atoms in total. The Kier molecular flexibility index (Phi) is 4.29. The molecule has 152 valence electrons. The van der Waals surface area contributed by atoms with Crippen LogP contribution >= 0.6 is 0 Å². The number of hydrogen-bond donors (Lipinski definition) is 0. The van der Waals surface area contributed by atoms with Gasteiger partial charge in [-0.05, 0) is 60.0 Å². The van der Waals surface area contributed by atoms with Crippen molar-refractivity contribution in [1.29, 1.82) is 0 Å². The first-order valence-electron chi connectivity index (χ1n) is 9.64. The van der Waals surface area contributed by atoms with Crippen LogP contribution in [-0.4, -0.2) is 9.13 Å². The minimum Gasteiger partial charge on any atom is -0.316 e. The van der Waals surface area contributed by atoms with Gasteiger partial charge in [-0.2, -0.15) is 0 Å². The monoisotopic (exact) mass is 414 g/mol. The molecule has 0 N–H and O–H groups in total. The molecule has 0 radical (unpaired) electrons. The molecule has 0 unspecified atom stereocenters. The topological polar surface area (TPSA) is 44.0 Å². The molecule has 2 aromatic heterocycles. The lowest BCUT2D eigenvalue weighted by Crippen LogP contribution is -2.22. The number of halogens is 2. The molecule has 31 heavy (non-hydrogen) atoms. The van der Waals surface area contributed by atoms with Gasteiger partial charge < -0.3 is 9.13 Å². The third kappa shape index (κ3) is 3.04. The van der Waals surface area contributed by atoms with Crippen molar-refractivity contribution in [1.82, 2.24) is 9.13 Å². The zero-order valence-corrected chi connectivity index (χ0v) is 16.5. The van der Waals surface area contributed by atoms with E-state index in [-0.39, 0.29) is 27.5 Å². The Labute approximate surface area is 175 Å². The van der Waals surface area contributed by atoms with Gasteiger partial charge in [0.05, 0.1) is 22.2 Å². The van der Waals surface area contributed by atoms with E-state index in [1.54, 1.807) is 17.7 Å². The van der Waals surface area contributed by atoms with Crippen LogP contribution < -0.4 is 11.0 Å². The summed E-state index contributed by atoms with van der Waals surface area (Å²) in [5.74, 6) is -0.916. The molecule has 0 aliphatic heterocycles. The van der Waals surface area contributed by atoms with Gasteiger partial charge in [-0.3, -0.25) is 9.59 Å². The number of nitrogens with zero attached hydrogens (tertiary/aromatic N) is 2. The zero-order chi connectivity index (χ0) is 21.7. The van der Waals surface area contributed by atoms with Crippen molar-refractivity contribution in [3.63, 3.8) is 0 Å². The predicted octanol–water partition coefficient (Wildman–Crippen LogP) is 4.79. The second kappa shape index (κ2) is 7.02. The maximum atomic E-state index is 14.0. The van der Waals surface area contributed by atoms with E-state index in [4.69, 9.17) is 0 Å². The van der Waals surface area contributed by atoms with Crippen LogP contribution in [0.5, 0.6) is 0 Å². The van der Waals surface area contributed by atoms with E-state index in [9.17, 15) is 18.4 Å². The van der Waals surface area contributed by atoms with Gasteiger partial charge in [0.1, 0.15) is 11.6 Å². The largest absolute Gasteiger partial charge is 0.316 e. The van der Waals surface area contributed by atoms with Gasteiger partial charge in [0.2, 0.25) is 0 Å². The summed E-state index contributed by atoms with van der Waals surface area (Å²) in [7, 11) is 1.66. The molecule has 0 atom stereocenters. The maximum absolute atomic E-state index is 14.0. The molecular weight excluding hydrogens is 398 g/mol. The molecule has 2 heterocycles. The fourth-order valence-corrected chi connectivity index (χ4v) is 3.92. The molecule has 0 spiro atoms. The highest BCUT2D eigenvalue weighted by Crippen LogP contribution is 2.24. The van der Waals surface area contributed by atoms with Crippen LogP contribution in [0.1, 0.15) is 0 Å². The van der Waals surface area contributed by atoms with E-state index < -0.39 is 11.6 Å². The molecular formula is C25H16F2N2O2. The molecule has 3 aromatic carbocycles. The van der Waals surface area contributed by atoms with Gasteiger partial charge in [0.15, 0.2) is 5.43 Å². The molecule has 5 rings (SSSR count). The number of fused-ring (bicyclic) bond motifs is 2. The lowest BCUT2D eigenvalue weighted by molar-refractivity contribution is 0.626. The van der Waals surface area contributed by atoms with Crippen LogP contribution in [0.3, 0.4) is 0 Å². The van der Waals surface area contributed by atoms with Crippen molar-refractivity contribution in [3.05, 3.63) is 111 Å². The van der Waals surface area contributed by atoms with E-state index in [2.05, 4.69) is 0 Å². The molecule has 0 aliphatic rings. The van der Waals surface area contributed by atoms with Gasteiger partial charge in [0, 0.05) is 24.3 Å². The van der Waals surface area contributed by atoms with Crippen molar-refractivity contribution in [3.8, 4) is 16.8 Å². The Morgan fingerprint density at radius 1 is 0.742 bits per heavy atom. The fourth-order valence-electron chi connectivity index (χ4n) is 3.92. The van der Waals surface area contributed by atoms with Gasteiger partial charge in [0.25, 0.3) is 5.56 Å². The van der Waals surface area contributed by atoms with Crippen molar-refractivity contribution in [2.75, 3.05) is 0 Å². The average molecular weight is 414 g/mol. The number of aryl methyl sites for hydroxylation is 1. The number of para-hydroxylation sites is 1. The fraction of sp³-hybridized carbons (Fsp3) is 0.0400. The summed E-state index contributed by atoms with van der Waals surface area (Å²) in [4.78, 5) is 26.5. The molecule has 0 saturated heterocycles. The van der Waals surface area contributed by atoms with Crippen LogP contribution in [0.2, 0.25) is 0 Å². The minimum absolute atomic E-state index is 0.190. The number of pyridine rings is 2. The molecule has 0 bridgehead atoms. The van der Waals surface area contributed by atoms with Crippen molar-refractivity contribution >= 4 is 21.8 Å². The Balaban J connectivity index is 1.90. The summed E-state index contributed by atoms with van der Waals surface area (Å²) in [6.07, 6.45) is 1.52. The molecule has 0 saturated carbocycles. The highest BCUT2D eigenvalue weighted by atomic mass is 19.1. The molecule has 0 amide bonds. The van der Waals surface area contributed by atoms with Crippen LogP contribution in [0, 0.1) is 11.6 Å². The Morgan fingerprint density at radius 3 is 2.23 bits per heavy atom. The van der Waals surface area contributed by atoms with Gasteiger partial charge in [-0.1, -0.05) is 18.2 Å². The van der Waals surface area contributed by atoms with E-state index in [0.717, 1.165) is 10.9 Å². The molecule has 5 aromatic rings. The highest BCUT2D eigenvalue weighted by molar-refractivity contribution is 5.88. The van der Waals surface area contributed by atoms with E-state index >= 15 is 0 Å². The number of benzene rings is 3. The number of hydrogen-bond acceptors (Lipinski definition) is 2. The molecule has 0 fully saturated rings. The summed E-state index contributed by atoms with van der Waals surface area (Å²) in [5, 5.41) is 1.07. The first-order chi connectivity index (χ1) is 14.9. The SMILES string of the molecule is Cn1c(=O)c(-c2cn(-c3ccc(F)cc3)c3cc(F)ccc3c2=O)cc2ccccc21. The summed E-state index contributed by atoms with van der Waals surface area (Å²) >= 11 is 0. The molecule has 0 aliphatic carbocycles. The van der Waals surface area contributed by atoms with Crippen molar-refractivity contribution in [2.24, 2.45) is 7.05 Å². The normalized spacial score (nSPS) is 11.3. The summed E-state index contributed by atoms with van der Waals surface area (Å²) < 4.78 is 30.6. The predicted molar refractivity (Wildman–Crippen MR) is 118 cm³/mol. The quantitative estimate of drug-likeness (QED) is 0.417. The second-order valence-electron chi connectivity index (χ2n) is 7.36. The van der Waals surface area contributed by atoms with Crippen LogP contribution in [0.15, 0.2) is 88.6 Å². The number of rotatable bonds is 2. The zero-order valence-electron chi connectivity index (χ0n) is 16.5. The third-order valence-electron chi connectivity index (χ3n) is 5.49. The summed E-state index contributed by atoms with van der Waals surface area (Å²) in [6.45, 7) is 0. The van der Waals surface area contributed by atoms with Crippen LogP contribution in [-0.2, 0) is 7.05 Å². The third-order valence-corrected chi connectivity index (χ3v) is 5.49. The maximum Gasteiger partial charge on any atom is 0.258 e. The van der Waals surface area contributed by atoms with Gasteiger partial charge in [-0.25, -0.2) is 8.78 Å². The van der Waals surface area contributed by atoms with Crippen molar-refractivity contribution in [2.45, 2.75) is 0 Å². The van der Waals surface area contributed by atoms with Gasteiger partial charge in [-0.15, -0.1) is 0 Å². The first kappa shape index (κ1) is 18.9. The van der Waals surface area contributed by atoms with Crippen molar-refractivity contribution < 1.29 is 8.78 Å². The second-order valence-corrected chi connectivity index (χ2v) is 7.36. The van der Waals surface area contributed by atoms with Crippen LogP contribution in [0.4, 0.5) is 8.78 Å². The Hall–Kier alpha value is -4.06. The minimum atomic E-state index is -0.503. The Bertz CT molecular complexity index is 1600. The number of aromatic nitrogens is 2. The highest BCUT2D eigenvalue weighted by Gasteiger charge is 2.17.